The minimum absolute atomic E-state index is 0.216. The lowest BCUT2D eigenvalue weighted by Crippen LogP contribution is -2.45. The number of carbonyl (C=O) groups excluding carboxylic acids is 2. The molecule has 0 aromatic heterocycles. The van der Waals surface area contributed by atoms with Gasteiger partial charge < -0.3 is 15.0 Å². The fourth-order valence-electron chi connectivity index (χ4n) is 2.81. The molecule has 1 N–H and O–H groups in total. The van der Waals surface area contributed by atoms with Gasteiger partial charge in [-0.25, -0.2) is 0 Å². The van der Waals surface area contributed by atoms with Crippen LogP contribution in [-0.2, 0) is 16.2 Å². The summed E-state index contributed by atoms with van der Waals surface area (Å²) in [5.74, 6) is 0.141. The fraction of sp³-hybridized carbons (Fsp3) is 0.300. The summed E-state index contributed by atoms with van der Waals surface area (Å²) in [6, 6.07) is 15.3. The van der Waals surface area contributed by atoms with E-state index in [1.165, 1.54) is 0 Å². The van der Waals surface area contributed by atoms with Crippen molar-refractivity contribution in [2.75, 3.05) is 16.8 Å². The van der Waals surface area contributed by atoms with Gasteiger partial charge in [0.05, 0.1) is 11.4 Å². The van der Waals surface area contributed by atoms with Gasteiger partial charge in [-0.3, -0.25) is 9.59 Å². The molecule has 25 heavy (non-hydrogen) atoms. The average Bonchev–Trinajstić information content (AvgIpc) is 2.68. The number of nitrogens with zero attached hydrogens (tertiary/aromatic N) is 1. The van der Waals surface area contributed by atoms with Crippen LogP contribution in [0.25, 0.3) is 0 Å². The quantitative estimate of drug-likeness (QED) is 0.867. The first-order chi connectivity index (χ1) is 11.9. The molecule has 0 unspecified atom stereocenters. The number of amides is 2. The van der Waals surface area contributed by atoms with Crippen molar-refractivity contribution < 1.29 is 14.3 Å². The first-order valence-electron chi connectivity index (χ1n) is 8.37. The van der Waals surface area contributed by atoms with E-state index in [2.05, 4.69) is 5.32 Å². The van der Waals surface area contributed by atoms with Gasteiger partial charge in [0.25, 0.3) is 0 Å². The Bertz CT molecular complexity index is 800. The normalized spacial score (nSPS) is 16.0. The molecule has 2 amide bonds. The largest absolute Gasteiger partial charge is 0.489 e. The maximum Gasteiger partial charge on any atom is 0.242 e. The Balaban J connectivity index is 1.90. The Kier molecular flexibility index (Phi) is 4.49. The van der Waals surface area contributed by atoms with E-state index in [-0.39, 0.29) is 11.8 Å². The molecule has 0 atom stereocenters. The molecule has 1 heterocycles. The van der Waals surface area contributed by atoms with Crippen molar-refractivity contribution in [1.82, 2.24) is 0 Å². The molecule has 0 bridgehead atoms. The third kappa shape index (κ3) is 3.22. The summed E-state index contributed by atoms with van der Waals surface area (Å²) < 4.78 is 5.86. The predicted octanol–water partition coefficient (Wildman–Crippen LogP) is 3.60. The number of carbonyl (C=O) groups is 2. The third-order valence-electron chi connectivity index (χ3n) is 4.42. The molecule has 130 valence electrons. The number of rotatable bonds is 4. The molecular formula is C20H22N2O3. The first kappa shape index (κ1) is 17.0. The SMILES string of the molecule is CCN1C(=O)C(C)(C)C(=O)Nc2ccc(OCc3ccccc3)cc21. The number of benzene rings is 2. The highest BCUT2D eigenvalue weighted by Crippen LogP contribution is 2.37. The minimum Gasteiger partial charge on any atom is -0.489 e. The summed E-state index contributed by atoms with van der Waals surface area (Å²) in [7, 11) is 0. The van der Waals surface area contributed by atoms with E-state index in [9.17, 15) is 9.59 Å². The van der Waals surface area contributed by atoms with Gasteiger partial charge in [0.15, 0.2) is 0 Å². The second-order valence-electron chi connectivity index (χ2n) is 6.58. The van der Waals surface area contributed by atoms with Gasteiger partial charge >= 0.3 is 0 Å². The van der Waals surface area contributed by atoms with Crippen molar-refractivity contribution in [2.24, 2.45) is 5.41 Å². The summed E-state index contributed by atoms with van der Waals surface area (Å²) in [5.41, 5.74) is 1.24. The van der Waals surface area contributed by atoms with Crippen LogP contribution >= 0.6 is 0 Å². The lowest BCUT2D eigenvalue weighted by molar-refractivity contribution is -0.136. The highest BCUT2D eigenvalue weighted by atomic mass is 16.5. The predicted molar refractivity (Wildman–Crippen MR) is 97.7 cm³/mol. The number of fused-ring (bicyclic) bond motifs is 1. The van der Waals surface area contributed by atoms with Gasteiger partial charge in [0.2, 0.25) is 11.8 Å². The molecule has 3 rings (SSSR count). The van der Waals surface area contributed by atoms with Gasteiger partial charge in [-0.1, -0.05) is 30.3 Å². The Morgan fingerprint density at radius 2 is 1.80 bits per heavy atom. The van der Waals surface area contributed by atoms with Crippen LogP contribution in [0, 0.1) is 5.41 Å². The molecule has 0 fully saturated rings. The number of hydrogen-bond donors (Lipinski definition) is 1. The van der Waals surface area contributed by atoms with Crippen LogP contribution in [0.15, 0.2) is 48.5 Å². The Morgan fingerprint density at radius 3 is 2.48 bits per heavy atom. The Labute approximate surface area is 147 Å². The van der Waals surface area contributed by atoms with Crippen LogP contribution in [0.3, 0.4) is 0 Å². The summed E-state index contributed by atoms with van der Waals surface area (Å²) in [6.07, 6.45) is 0. The number of nitrogens with one attached hydrogen (secondary N) is 1. The van der Waals surface area contributed by atoms with Gasteiger partial charge in [0.1, 0.15) is 17.8 Å². The van der Waals surface area contributed by atoms with Crippen LogP contribution in [-0.4, -0.2) is 18.4 Å². The summed E-state index contributed by atoms with van der Waals surface area (Å²) in [6.45, 7) is 6.10. The minimum atomic E-state index is -1.11. The summed E-state index contributed by atoms with van der Waals surface area (Å²) >= 11 is 0. The highest BCUT2D eigenvalue weighted by Gasteiger charge is 2.42. The lowest BCUT2D eigenvalue weighted by Gasteiger charge is -2.26. The van der Waals surface area contributed by atoms with Crippen LogP contribution in [0.4, 0.5) is 11.4 Å². The van der Waals surface area contributed by atoms with Crippen molar-refractivity contribution >= 4 is 23.2 Å². The number of ether oxygens (including phenoxy) is 1. The maximum absolute atomic E-state index is 12.8. The number of hydrogen-bond acceptors (Lipinski definition) is 3. The van der Waals surface area contributed by atoms with E-state index in [1.807, 2.05) is 37.3 Å². The molecule has 1 aliphatic heterocycles. The summed E-state index contributed by atoms with van der Waals surface area (Å²) in [4.78, 5) is 26.8. The maximum atomic E-state index is 12.8. The molecular weight excluding hydrogens is 316 g/mol. The fourth-order valence-corrected chi connectivity index (χ4v) is 2.81. The molecule has 2 aromatic carbocycles. The zero-order valence-corrected chi connectivity index (χ0v) is 14.7. The molecule has 5 heteroatoms. The van der Waals surface area contributed by atoms with E-state index in [4.69, 9.17) is 4.74 Å². The lowest BCUT2D eigenvalue weighted by atomic mass is 9.91. The van der Waals surface area contributed by atoms with E-state index in [0.717, 1.165) is 5.56 Å². The Hall–Kier alpha value is -2.82. The monoisotopic (exact) mass is 338 g/mol. The zero-order valence-electron chi connectivity index (χ0n) is 14.7. The van der Waals surface area contributed by atoms with Crippen molar-refractivity contribution in [2.45, 2.75) is 27.4 Å². The van der Waals surface area contributed by atoms with E-state index in [0.29, 0.717) is 30.3 Å². The molecule has 2 aromatic rings. The van der Waals surface area contributed by atoms with Gasteiger partial charge in [-0.2, -0.15) is 0 Å². The van der Waals surface area contributed by atoms with E-state index >= 15 is 0 Å². The third-order valence-corrected chi connectivity index (χ3v) is 4.42. The molecule has 5 nitrogen and oxygen atoms in total. The molecule has 0 spiro atoms. The van der Waals surface area contributed by atoms with Crippen molar-refractivity contribution in [3.63, 3.8) is 0 Å². The molecule has 0 radical (unpaired) electrons. The standard InChI is InChI=1S/C20H22N2O3/c1-4-22-17-12-15(25-13-14-8-6-5-7-9-14)10-11-16(17)21-18(23)20(2,3)19(22)24/h5-12H,4,13H2,1-3H3,(H,21,23). The summed E-state index contributed by atoms with van der Waals surface area (Å²) in [5, 5.41) is 2.85. The van der Waals surface area contributed by atoms with Crippen LogP contribution in [0.5, 0.6) is 5.75 Å². The van der Waals surface area contributed by atoms with Gasteiger partial charge in [-0.05, 0) is 38.5 Å². The topological polar surface area (TPSA) is 58.6 Å². The molecule has 0 saturated carbocycles. The van der Waals surface area contributed by atoms with Crippen LogP contribution in [0.1, 0.15) is 26.3 Å². The van der Waals surface area contributed by atoms with Crippen molar-refractivity contribution in [1.29, 1.82) is 0 Å². The Morgan fingerprint density at radius 1 is 1.08 bits per heavy atom. The van der Waals surface area contributed by atoms with E-state index in [1.54, 1.807) is 36.9 Å². The van der Waals surface area contributed by atoms with Crippen molar-refractivity contribution in [3.8, 4) is 5.75 Å². The zero-order chi connectivity index (χ0) is 18.0. The molecule has 0 saturated heterocycles. The second kappa shape index (κ2) is 6.59. The molecule has 1 aliphatic rings. The second-order valence-corrected chi connectivity index (χ2v) is 6.58. The highest BCUT2D eigenvalue weighted by molar-refractivity contribution is 6.19. The van der Waals surface area contributed by atoms with Gasteiger partial charge in [-0.15, -0.1) is 0 Å². The average molecular weight is 338 g/mol. The van der Waals surface area contributed by atoms with Crippen LogP contribution in [0.2, 0.25) is 0 Å². The van der Waals surface area contributed by atoms with E-state index < -0.39 is 5.41 Å². The first-order valence-corrected chi connectivity index (χ1v) is 8.37. The smallest absolute Gasteiger partial charge is 0.242 e. The van der Waals surface area contributed by atoms with Crippen molar-refractivity contribution in [3.05, 3.63) is 54.1 Å². The van der Waals surface area contributed by atoms with Gasteiger partial charge in [0, 0.05) is 12.6 Å². The molecule has 0 aliphatic carbocycles. The van der Waals surface area contributed by atoms with Crippen LogP contribution < -0.4 is 15.0 Å². The number of anilines is 2.